The minimum atomic E-state index is 0.168. The van der Waals surface area contributed by atoms with Crippen molar-refractivity contribution in [1.29, 1.82) is 0 Å². The highest BCUT2D eigenvalue weighted by atomic mass is 16.2. The molecule has 1 aliphatic carbocycles. The van der Waals surface area contributed by atoms with E-state index in [-0.39, 0.29) is 11.9 Å². The van der Waals surface area contributed by atoms with Gasteiger partial charge in [0.05, 0.1) is 17.5 Å². The van der Waals surface area contributed by atoms with Crippen molar-refractivity contribution >= 4 is 22.9 Å². The normalized spacial score (nSPS) is 19.7. The predicted octanol–water partition coefficient (Wildman–Crippen LogP) is 3.73. The van der Waals surface area contributed by atoms with Crippen molar-refractivity contribution < 1.29 is 4.79 Å². The van der Waals surface area contributed by atoms with Gasteiger partial charge in [-0.3, -0.25) is 4.79 Å². The lowest BCUT2D eigenvalue weighted by molar-refractivity contribution is -0.132. The summed E-state index contributed by atoms with van der Waals surface area (Å²) in [6.07, 6.45) is 3.11. The summed E-state index contributed by atoms with van der Waals surface area (Å²) in [5, 5.41) is 0. The largest absolute Gasteiger partial charge is 0.338 e. The van der Waals surface area contributed by atoms with Crippen molar-refractivity contribution in [2.24, 2.45) is 7.05 Å². The number of nitrogens with zero attached hydrogens (tertiary/aromatic N) is 4. The van der Waals surface area contributed by atoms with Crippen LogP contribution in [0.25, 0.3) is 11.0 Å². The number of fused-ring (bicyclic) bond motifs is 1. The Morgan fingerprint density at radius 2 is 1.83 bits per heavy atom. The molecule has 5 nitrogen and oxygen atoms in total. The summed E-state index contributed by atoms with van der Waals surface area (Å²) in [4.78, 5) is 22.1. The first-order valence-corrected chi connectivity index (χ1v) is 10.6. The van der Waals surface area contributed by atoms with Gasteiger partial charge in [0.15, 0.2) is 0 Å². The van der Waals surface area contributed by atoms with Gasteiger partial charge >= 0.3 is 0 Å². The molecule has 5 rings (SSSR count). The van der Waals surface area contributed by atoms with Crippen molar-refractivity contribution in [3.8, 4) is 0 Å². The van der Waals surface area contributed by atoms with Crippen LogP contribution in [0.1, 0.15) is 36.8 Å². The van der Waals surface area contributed by atoms with Crippen LogP contribution in [0.15, 0.2) is 48.5 Å². The zero-order valence-electron chi connectivity index (χ0n) is 17.2. The predicted molar refractivity (Wildman–Crippen MR) is 116 cm³/mol. The van der Waals surface area contributed by atoms with Crippen LogP contribution in [0, 0.1) is 0 Å². The van der Waals surface area contributed by atoms with E-state index >= 15 is 0 Å². The lowest BCUT2D eigenvalue weighted by atomic mass is 10.0. The Labute approximate surface area is 171 Å². The van der Waals surface area contributed by atoms with Gasteiger partial charge in [0, 0.05) is 32.7 Å². The Bertz CT molecular complexity index is 1030. The number of aryl methyl sites for hydroxylation is 1. The van der Waals surface area contributed by atoms with Crippen LogP contribution in [0.4, 0.5) is 5.95 Å². The van der Waals surface area contributed by atoms with E-state index in [4.69, 9.17) is 4.98 Å². The van der Waals surface area contributed by atoms with Crippen molar-refractivity contribution in [2.75, 3.05) is 24.5 Å². The van der Waals surface area contributed by atoms with Gasteiger partial charge in [-0.05, 0) is 48.9 Å². The molecule has 1 aliphatic heterocycles. The zero-order valence-corrected chi connectivity index (χ0v) is 17.2. The van der Waals surface area contributed by atoms with Crippen molar-refractivity contribution in [3.05, 3.63) is 59.7 Å². The summed E-state index contributed by atoms with van der Waals surface area (Å²) in [5.74, 6) is 1.97. The minimum absolute atomic E-state index is 0.168. The molecular weight excluding hydrogens is 360 g/mol. The van der Waals surface area contributed by atoms with E-state index in [2.05, 4.69) is 59.8 Å². The SMILES string of the molecule is CC1CN(c2nc3ccccc3n2C)CCN1C(=O)Cc1ccc(C2CC2)cc1. The third kappa shape index (κ3) is 3.50. The molecule has 1 saturated heterocycles. The molecule has 2 heterocycles. The van der Waals surface area contributed by atoms with Crippen molar-refractivity contribution in [1.82, 2.24) is 14.5 Å². The van der Waals surface area contributed by atoms with Gasteiger partial charge in [0.25, 0.3) is 0 Å². The summed E-state index contributed by atoms with van der Waals surface area (Å²) in [5.41, 5.74) is 4.70. The highest BCUT2D eigenvalue weighted by Crippen LogP contribution is 2.39. The van der Waals surface area contributed by atoms with Gasteiger partial charge in [-0.2, -0.15) is 0 Å². The van der Waals surface area contributed by atoms with Crippen LogP contribution in [-0.2, 0) is 18.3 Å². The number of aromatic nitrogens is 2. The number of carbonyl (C=O) groups is 1. The van der Waals surface area contributed by atoms with Gasteiger partial charge < -0.3 is 14.4 Å². The average Bonchev–Trinajstić information content (AvgIpc) is 3.52. The average molecular weight is 389 g/mol. The van der Waals surface area contributed by atoms with Crippen LogP contribution < -0.4 is 4.90 Å². The molecule has 150 valence electrons. The minimum Gasteiger partial charge on any atom is -0.338 e. The number of amides is 1. The summed E-state index contributed by atoms with van der Waals surface area (Å²) >= 11 is 0. The number of para-hydroxylation sites is 2. The number of rotatable bonds is 4. The van der Waals surface area contributed by atoms with E-state index in [1.165, 1.54) is 18.4 Å². The summed E-state index contributed by atoms with van der Waals surface area (Å²) in [7, 11) is 2.07. The first kappa shape index (κ1) is 18.2. The molecule has 1 saturated carbocycles. The quantitative estimate of drug-likeness (QED) is 0.684. The maximum Gasteiger partial charge on any atom is 0.227 e. The fraction of sp³-hybridized carbons (Fsp3) is 0.417. The van der Waals surface area contributed by atoms with Gasteiger partial charge in [0.2, 0.25) is 11.9 Å². The Hall–Kier alpha value is -2.82. The number of piperazine rings is 1. The standard InChI is InChI=1S/C24H28N4O/c1-17-16-27(24-25-21-5-3-4-6-22(21)26(24)2)13-14-28(17)23(29)15-18-7-9-19(10-8-18)20-11-12-20/h3-10,17,20H,11-16H2,1-2H3. The molecule has 1 unspecified atom stereocenters. The van der Waals surface area contributed by atoms with Crippen LogP contribution in [0.3, 0.4) is 0 Å². The van der Waals surface area contributed by atoms with Crippen LogP contribution in [-0.4, -0.2) is 46.0 Å². The Morgan fingerprint density at radius 3 is 2.52 bits per heavy atom. The second kappa shape index (κ2) is 7.21. The number of anilines is 1. The van der Waals surface area contributed by atoms with E-state index in [0.717, 1.165) is 48.1 Å². The number of carbonyl (C=O) groups excluding carboxylic acids is 1. The Morgan fingerprint density at radius 1 is 1.07 bits per heavy atom. The number of benzene rings is 2. The second-order valence-electron chi connectivity index (χ2n) is 8.53. The topological polar surface area (TPSA) is 41.4 Å². The van der Waals surface area contributed by atoms with E-state index in [1.807, 2.05) is 17.0 Å². The molecule has 2 aliphatic rings. The molecule has 2 fully saturated rings. The van der Waals surface area contributed by atoms with Gasteiger partial charge in [-0.25, -0.2) is 4.98 Å². The van der Waals surface area contributed by atoms with Crippen LogP contribution in [0.2, 0.25) is 0 Å². The summed E-state index contributed by atoms with van der Waals surface area (Å²) in [6.45, 7) is 4.50. The van der Waals surface area contributed by atoms with Gasteiger partial charge in [-0.1, -0.05) is 36.4 Å². The summed E-state index contributed by atoms with van der Waals surface area (Å²) < 4.78 is 2.15. The van der Waals surface area contributed by atoms with E-state index in [9.17, 15) is 4.79 Å². The van der Waals surface area contributed by atoms with E-state index in [1.54, 1.807) is 0 Å². The highest BCUT2D eigenvalue weighted by molar-refractivity contribution is 5.80. The second-order valence-corrected chi connectivity index (χ2v) is 8.53. The third-order valence-electron chi connectivity index (χ3n) is 6.38. The lowest BCUT2D eigenvalue weighted by Gasteiger charge is -2.40. The monoisotopic (exact) mass is 388 g/mol. The molecule has 3 aromatic rings. The Kier molecular flexibility index (Phi) is 4.53. The third-order valence-corrected chi connectivity index (χ3v) is 6.38. The maximum atomic E-state index is 12.9. The number of imidazole rings is 1. The molecule has 0 radical (unpaired) electrons. The first-order chi connectivity index (χ1) is 14.1. The smallest absolute Gasteiger partial charge is 0.227 e. The van der Waals surface area contributed by atoms with Gasteiger partial charge in [0.1, 0.15) is 0 Å². The number of hydrogen-bond acceptors (Lipinski definition) is 3. The molecule has 5 heteroatoms. The van der Waals surface area contributed by atoms with Crippen molar-refractivity contribution in [2.45, 2.75) is 38.1 Å². The van der Waals surface area contributed by atoms with Gasteiger partial charge in [-0.15, -0.1) is 0 Å². The van der Waals surface area contributed by atoms with Crippen molar-refractivity contribution in [3.63, 3.8) is 0 Å². The fourth-order valence-corrected chi connectivity index (χ4v) is 4.53. The lowest BCUT2D eigenvalue weighted by Crippen LogP contribution is -2.55. The molecule has 1 aromatic heterocycles. The first-order valence-electron chi connectivity index (χ1n) is 10.6. The van der Waals surface area contributed by atoms with E-state index in [0.29, 0.717) is 6.42 Å². The summed E-state index contributed by atoms with van der Waals surface area (Å²) in [6, 6.07) is 17.1. The maximum absolute atomic E-state index is 12.9. The molecule has 0 N–H and O–H groups in total. The molecule has 1 amide bonds. The Balaban J connectivity index is 1.25. The molecule has 1 atom stereocenters. The number of hydrogen-bond donors (Lipinski definition) is 0. The molecule has 0 spiro atoms. The van der Waals surface area contributed by atoms with Crippen LogP contribution in [0.5, 0.6) is 0 Å². The highest BCUT2D eigenvalue weighted by Gasteiger charge is 2.29. The van der Waals surface area contributed by atoms with E-state index < -0.39 is 0 Å². The molecule has 0 bridgehead atoms. The molecule has 29 heavy (non-hydrogen) atoms. The molecule has 2 aromatic carbocycles. The molecular formula is C24H28N4O. The zero-order chi connectivity index (χ0) is 20.0. The van der Waals surface area contributed by atoms with Crippen LogP contribution >= 0.6 is 0 Å². The fourth-order valence-electron chi connectivity index (χ4n) is 4.53.